The van der Waals surface area contributed by atoms with E-state index in [9.17, 15) is 9.90 Å². The molecule has 1 saturated heterocycles. The van der Waals surface area contributed by atoms with Crippen LogP contribution in [0.2, 0.25) is 5.15 Å². The van der Waals surface area contributed by atoms with Crippen LogP contribution in [0, 0.1) is 0 Å². The Balaban J connectivity index is 1.55. The lowest BCUT2D eigenvalue weighted by molar-refractivity contribution is 0.0975. The second-order valence-corrected chi connectivity index (χ2v) is 9.50. The number of piperazine rings is 1. The van der Waals surface area contributed by atoms with Crippen LogP contribution in [-0.2, 0) is 0 Å². The average Bonchev–Trinajstić information content (AvgIpc) is 2.86. The van der Waals surface area contributed by atoms with Gasteiger partial charge in [0.15, 0.2) is 28.3 Å². The van der Waals surface area contributed by atoms with E-state index in [0.717, 1.165) is 70.4 Å². The van der Waals surface area contributed by atoms with Gasteiger partial charge in [-0.15, -0.1) is 0 Å². The van der Waals surface area contributed by atoms with Crippen molar-refractivity contribution in [2.75, 3.05) is 41.7 Å². The van der Waals surface area contributed by atoms with Crippen LogP contribution in [-0.4, -0.2) is 59.2 Å². The number of unbranched alkanes of at least 4 members (excludes halogenated alkanes) is 1. The van der Waals surface area contributed by atoms with E-state index in [0.29, 0.717) is 18.1 Å². The summed E-state index contributed by atoms with van der Waals surface area (Å²) >= 11 is 6.46. The lowest BCUT2D eigenvalue weighted by atomic mass is 9.93. The summed E-state index contributed by atoms with van der Waals surface area (Å²) in [4.78, 5) is 24.4. The minimum Gasteiger partial charge on any atom is -0.393 e. The van der Waals surface area contributed by atoms with Gasteiger partial charge in [-0.25, -0.2) is 9.97 Å². The number of hydrogen-bond donors (Lipinski definition) is 4. The molecule has 9 heteroatoms. The Bertz CT molecular complexity index is 957. The number of carbonyl (C=O) groups is 1. The Hall–Kier alpha value is -2.42. The molecule has 2 heterocycles. The Morgan fingerprint density at radius 1 is 1.12 bits per heavy atom. The molecule has 2 fully saturated rings. The third-order valence-electron chi connectivity index (χ3n) is 6.52. The molecule has 0 spiro atoms. The topological polar surface area (TPSA) is 102 Å². The molecule has 2 aromatic rings. The first-order valence-electron chi connectivity index (χ1n) is 12.4. The van der Waals surface area contributed by atoms with Crippen molar-refractivity contribution in [2.24, 2.45) is 0 Å². The van der Waals surface area contributed by atoms with Crippen LogP contribution in [0.4, 0.5) is 23.0 Å². The van der Waals surface area contributed by atoms with Crippen molar-refractivity contribution in [2.45, 2.75) is 64.0 Å². The summed E-state index contributed by atoms with van der Waals surface area (Å²) in [7, 11) is 0. The molecule has 184 valence electrons. The van der Waals surface area contributed by atoms with Crippen LogP contribution < -0.4 is 20.9 Å². The van der Waals surface area contributed by atoms with Crippen molar-refractivity contribution in [3.05, 3.63) is 35.1 Å². The van der Waals surface area contributed by atoms with Crippen LogP contribution in [0.5, 0.6) is 0 Å². The van der Waals surface area contributed by atoms with E-state index in [2.05, 4.69) is 44.9 Å². The molecule has 2 aliphatic rings. The van der Waals surface area contributed by atoms with Crippen molar-refractivity contribution in [1.82, 2.24) is 15.3 Å². The highest BCUT2D eigenvalue weighted by Crippen LogP contribution is 2.29. The van der Waals surface area contributed by atoms with E-state index in [1.54, 1.807) is 0 Å². The van der Waals surface area contributed by atoms with Crippen molar-refractivity contribution in [3.8, 4) is 0 Å². The van der Waals surface area contributed by atoms with Crippen LogP contribution in [0.1, 0.15) is 62.4 Å². The number of hydrogen-bond acceptors (Lipinski definition) is 8. The maximum absolute atomic E-state index is 12.9. The number of rotatable bonds is 9. The van der Waals surface area contributed by atoms with E-state index >= 15 is 0 Å². The zero-order valence-electron chi connectivity index (χ0n) is 19.8. The van der Waals surface area contributed by atoms with E-state index in [1.807, 2.05) is 12.1 Å². The number of aliphatic hydroxyl groups is 1. The molecule has 4 rings (SSSR count). The number of anilines is 4. The lowest BCUT2D eigenvalue weighted by Crippen LogP contribution is -2.43. The third-order valence-corrected chi connectivity index (χ3v) is 6.79. The van der Waals surface area contributed by atoms with Gasteiger partial charge < -0.3 is 26.0 Å². The number of carbonyl (C=O) groups excluding carboxylic acids is 1. The summed E-state index contributed by atoms with van der Waals surface area (Å²) in [6.07, 6.45) is 5.07. The summed E-state index contributed by atoms with van der Waals surface area (Å²) in [6, 6.07) is 8.35. The van der Waals surface area contributed by atoms with Crippen LogP contribution in [0.25, 0.3) is 0 Å². The van der Waals surface area contributed by atoms with Gasteiger partial charge in [0.1, 0.15) is 0 Å². The standard InChI is InChI=1S/C25H35ClN6O2/c1-2-3-4-21(34)22-24(28-17-5-9-19(10-6-17)32-15-13-27-14-16-32)31-25(23(26)30-22)29-18-7-11-20(33)12-8-18/h5-6,9-10,18,20,27,33H,2-4,7-8,11-16H2,1H3,(H2,28,29,31)/t18-,20-. The highest BCUT2D eigenvalue weighted by molar-refractivity contribution is 6.32. The fourth-order valence-electron chi connectivity index (χ4n) is 4.47. The minimum atomic E-state index is -0.237. The molecule has 0 amide bonds. The maximum atomic E-state index is 12.9. The number of aliphatic hydroxyl groups excluding tert-OH is 1. The van der Waals surface area contributed by atoms with Crippen molar-refractivity contribution < 1.29 is 9.90 Å². The van der Waals surface area contributed by atoms with Gasteiger partial charge in [0.2, 0.25) is 0 Å². The molecular weight excluding hydrogens is 452 g/mol. The smallest absolute Gasteiger partial charge is 0.185 e. The van der Waals surface area contributed by atoms with Gasteiger partial charge in [-0.05, 0) is 56.4 Å². The minimum absolute atomic E-state index is 0.0662. The number of halogens is 1. The number of nitrogens with one attached hydrogen (secondary N) is 3. The molecule has 1 aromatic carbocycles. The highest BCUT2D eigenvalue weighted by Gasteiger charge is 2.23. The molecule has 0 unspecified atom stereocenters. The number of aromatic nitrogens is 2. The van der Waals surface area contributed by atoms with Gasteiger partial charge in [-0.3, -0.25) is 4.79 Å². The number of ketones is 1. The van der Waals surface area contributed by atoms with Crippen LogP contribution in [0.3, 0.4) is 0 Å². The number of Topliss-reactive ketones (excluding diaryl/α,β-unsaturated/α-hetero) is 1. The van der Waals surface area contributed by atoms with E-state index < -0.39 is 0 Å². The van der Waals surface area contributed by atoms with E-state index in [4.69, 9.17) is 16.6 Å². The summed E-state index contributed by atoms with van der Waals surface area (Å²) in [6.45, 7) is 6.00. The lowest BCUT2D eigenvalue weighted by Gasteiger charge is -2.29. The summed E-state index contributed by atoms with van der Waals surface area (Å²) in [5.41, 5.74) is 2.29. The normalized spacial score (nSPS) is 20.7. The summed E-state index contributed by atoms with van der Waals surface area (Å²) < 4.78 is 0. The molecule has 8 nitrogen and oxygen atoms in total. The van der Waals surface area contributed by atoms with E-state index in [-0.39, 0.29) is 28.8 Å². The molecule has 1 aliphatic carbocycles. The van der Waals surface area contributed by atoms with Crippen LogP contribution in [0.15, 0.2) is 24.3 Å². The quantitative estimate of drug-likeness (QED) is 0.387. The fourth-order valence-corrected chi connectivity index (χ4v) is 4.65. The first-order valence-corrected chi connectivity index (χ1v) is 12.8. The van der Waals surface area contributed by atoms with E-state index in [1.165, 1.54) is 5.69 Å². The third kappa shape index (κ3) is 6.37. The molecule has 1 aliphatic heterocycles. The predicted molar refractivity (Wildman–Crippen MR) is 138 cm³/mol. The monoisotopic (exact) mass is 486 g/mol. The summed E-state index contributed by atoms with van der Waals surface area (Å²) in [5, 5.41) is 20.0. The largest absolute Gasteiger partial charge is 0.393 e. The molecule has 0 bridgehead atoms. The van der Waals surface area contributed by atoms with Crippen molar-refractivity contribution in [3.63, 3.8) is 0 Å². The maximum Gasteiger partial charge on any atom is 0.185 e. The first-order chi connectivity index (χ1) is 16.5. The van der Waals surface area contributed by atoms with Gasteiger partial charge in [-0.1, -0.05) is 24.9 Å². The Morgan fingerprint density at radius 2 is 1.82 bits per heavy atom. The molecular formula is C25H35ClN6O2. The second kappa shape index (κ2) is 11.8. The Morgan fingerprint density at radius 3 is 2.50 bits per heavy atom. The van der Waals surface area contributed by atoms with Crippen molar-refractivity contribution >= 4 is 40.4 Å². The molecule has 0 radical (unpaired) electrons. The Kier molecular flexibility index (Phi) is 8.59. The van der Waals surface area contributed by atoms with Gasteiger partial charge in [-0.2, -0.15) is 0 Å². The second-order valence-electron chi connectivity index (χ2n) is 9.15. The first kappa shape index (κ1) is 24.7. The predicted octanol–water partition coefficient (Wildman–Crippen LogP) is 4.37. The Labute approximate surface area is 206 Å². The van der Waals surface area contributed by atoms with Gasteiger partial charge >= 0.3 is 0 Å². The molecule has 1 saturated carbocycles. The van der Waals surface area contributed by atoms with Crippen LogP contribution >= 0.6 is 11.6 Å². The SMILES string of the molecule is CCCCC(=O)c1nc(Cl)c(N[C@H]2CC[C@H](O)CC2)nc1Nc1ccc(N2CCNCC2)cc1. The molecule has 1 aromatic heterocycles. The highest BCUT2D eigenvalue weighted by atomic mass is 35.5. The number of nitrogens with zero attached hydrogens (tertiary/aromatic N) is 3. The average molecular weight is 487 g/mol. The molecule has 0 atom stereocenters. The zero-order valence-corrected chi connectivity index (χ0v) is 20.6. The van der Waals surface area contributed by atoms with Gasteiger partial charge in [0, 0.05) is 50.0 Å². The fraction of sp³-hybridized carbons (Fsp3) is 0.560. The van der Waals surface area contributed by atoms with Crippen molar-refractivity contribution in [1.29, 1.82) is 0 Å². The zero-order chi connectivity index (χ0) is 23.9. The van der Waals surface area contributed by atoms with Gasteiger partial charge in [0.25, 0.3) is 0 Å². The van der Waals surface area contributed by atoms with Gasteiger partial charge in [0.05, 0.1) is 6.10 Å². The molecule has 34 heavy (non-hydrogen) atoms. The molecule has 4 N–H and O–H groups in total. The number of benzene rings is 1. The summed E-state index contributed by atoms with van der Waals surface area (Å²) in [5.74, 6) is 0.817.